The summed E-state index contributed by atoms with van der Waals surface area (Å²) in [5, 5.41) is 12.9. The van der Waals surface area contributed by atoms with Crippen molar-refractivity contribution in [2.45, 2.75) is 19.9 Å². The highest BCUT2D eigenvalue weighted by Gasteiger charge is 2.45. The van der Waals surface area contributed by atoms with Gasteiger partial charge >= 0.3 is 0 Å². The SMILES string of the molecule is CCOc1ccc(C2C(C(=O)/C=C/c3ccccc3)=C(O)C(=O)N2c2nccs2)cc1OCC. The number of hydrogen-bond acceptors (Lipinski definition) is 7. The van der Waals surface area contributed by atoms with Crippen LogP contribution in [0.5, 0.6) is 11.5 Å². The van der Waals surface area contributed by atoms with Gasteiger partial charge in [-0.3, -0.25) is 14.5 Å². The molecule has 0 spiro atoms. The highest BCUT2D eigenvalue weighted by molar-refractivity contribution is 7.13. The first-order valence-electron chi connectivity index (χ1n) is 10.9. The number of thiazole rings is 1. The largest absolute Gasteiger partial charge is 0.503 e. The molecule has 1 atom stereocenters. The van der Waals surface area contributed by atoms with Crippen LogP contribution in [0.3, 0.4) is 0 Å². The van der Waals surface area contributed by atoms with Crippen molar-refractivity contribution < 1.29 is 24.2 Å². The third kappa shape index (κ3) is 4.58. The van der Waals surface area contributed by atoms with Gasteiger partial charge in [0.05, 0.1) is 24.8 Å². The molecule has 1 aromatic heterocycles. The van der Waals surface area contributed by atoms with Gasteiger partial charge in [0.15, 0.2) is 28.2 Å². The second-order valence-corrected chi connectivity index (χ2v) is 8.21. The predicted molar refractivity (Wildman–Crippen MR) is 131 cm³/mol. The average Bonchev–Trinajstić information content (AvgIpc) is 3.46. The zero-order valence-corrected chi connectivity index (χ0v) is 19.6. The van der Waals surface area contributed by atoms with Crippen molar-refractivity contribution in [3.8, 4) is 11.5 Å². The standard InChI is InChI=1S/C26H24N2O5S/c1-3-32-20-13-11-18(16-21(20)33-4-2)23-22(19(29)12-10-17-8-6-5-7-9-17)24(30)25(31)28(23)26-27-14-15-34-26/h5-16,23,30H,3-4H2,1-2H3/b12-10+. The Morgan fingerprint density at radius 3 is 2.53 bits per heavy atom. The van der Waals surface area contributed by atoms with Crippen LogP contribution in [0.25, 0.3) is 6.08 Å². The molecule has 0 bridgehead atoms. The third-order valence-electron chi connectivity index (χ3n) is 5.21. The topological polar surface area (TPSA) is 89.0 Å². The zero-order chi connectivity index (χ0) is 24.1. The average molecular weight is 477 g/mol. The van der Waals surface area contributed by atoms with Crippen LogP contribution in [0.4, 0.5) is 5.13 Å². The van der Waals surface area contributed by atoms with E-state index in [2.05, 4.69) is 4.98 Å². The summed E-state index contributed by atoms with van der Waals surface area (Å²) in [6, 6.07) is 13.7. The fourth-order valence-corrected chi connectivity index (χ4v) is 4.44. The van der Waals surface area contributed by atoms with E-state index in [9.17, 15) is 14.7 Å². The van der Waals surface area contributed by atoms with Crippen molar-refractivity contribution >= 4 is 34.2 Å². The molecule has 1 aliphatic heterocycles. The van der Waals surface area contributed by atoms with Gasteiger partial charge in [0.1, 0.15) is 0 Å². The van der Waals surface area contributed by atoms with Gasteiger partial charge in [-0.05, 0) is 43.2 Å². The lowest BCUT2D eigenvalue weighted by Crippen LogP contribution is -2.30. The van der Waals surface area contributed by atoms with Crippen molar-refractivity contribution in [2.24, 2.45) is 0 Å². The smallest absolute Gasteiger partial charge is 0.296 e. The Morgan fingerprint density at radius 1 is 1.12 bits per heavy atom. The molecule has 1 unspecified atom stereocenters. The van der Waals surface area contributed by atoms with Crippen LogP contribution in [-0.2, 0) is 9.59 Å². The van der Waals surface area contributed by atoms with Crippen LogP contribution in [-0.4, -0.2) is 35.0 Å². The number of aliphatic hydroxyl groups excluding tert-OH is 1. The van der Waals surface area contributed by atoms with Crippen LogP contribution in [0, 0.1) is 0 Å². The number of nitrogens with zero attached hydrogens (tertiary/aromatic N) is 2. The van der Waals surface area contributed by atoms with Crippen LogP contribution in [0.15, 0.2) is 77.5 Å². The van der Waals surface area contributed by atoms with Gasteiger partial charge in [-0.25, -0.2) is 4.98 Å². The van der Waals surface area contributed by atoms with E-state index < -0.39 is 23.5 Å². The molecule has 2 aromatic carbocycles. The van der Waals surface area contributed by atoms with Crippen LogP contribution in [0.1, 0.15) is 31.0 Å². The Labute approximate surface area is 201 Å². The lowest BCUT2D eigenvalue weighted by molar-refractivity contribution is -0.117. The molecule has 0 fully saturated rings. The molecule has 4 rings (SSSR count). The quantitative estimate of drug-likeness (QED) is 0.431. The number of allylic oxidation sites excluding steroid dienone is 1. The highest BCUT2D eigenvalue weighted by Crippen LogP contribution is 2.43. The van der Waals surface area contributed by atoms with Crippen LogP contribution in [0.2, 0.25) is 0 Å². The summed E-state index contributed by atoms with van der Waals surface area (Å²) < 4.78 is 11.4. The minimum Gasteiger partial charge on any atom is -0.503 e. The number of benzene rings is 2. The number of carbonyl (C=O) groups excluding carboxylic acids is 2. The molecule has 34 heavy (non-hydrogen) atoms. The normalized spacial score (nSPS) is 15.9. The van der Waals surface area contributed by atoms with Crippen LogP contribution < -0.4 is 14.4 Å². The fraction of sp³-hybridized carbons (Fsp3) is 0.192. The molecule has 0 aliphatic carbocycles. The Bertz CT molecular complexity index is 1240. The summed E-state index contributed by atoms with van der Waals surface area (Å²) in [6.45, 7) is 4.61. The molecule has 1 amide bonds. The van der Waals surface area contributed by atoms with Gasteiger partial charge in [0, 0.05) is 11.6 Å². The minimum atomic E-state index is -0.874. The molecule has 7 nitrogen and oxygen atoms in total. The number of aliphatic hydroxyl groups is 1. The van der Waals surface area contributed by atoms with Crippen molar-refractivity contribution in [1.82, 2.24) is 4.98 Å². The van der Waals surface area contributed by atoms with Crippen LogP contribution >= 0.6 is 11.3 Å². The monoisotopic (exact) mass is 476 g/mol. The molecular formula is C26H24N2O5S. The van der Waals surface area contributed by atoms with Gasteiger partial charge in [-0.2, -0.15) is 0 Å². The van der Waals surface area contributed by atoms with E-state index in [1.807, 2.05) is 44.2 Å². The van der Waals surface area contributed by atoms with Gasteiger partial charge in [0.25, 0.3) is 5.91 Å². The van der Waals surface area contributed by atoms with Gasteiger partial charge in [-0.15, -0.1) is 11.3 Å². The molecule has 1 aliphatic rings. The number of carbonyl (C=O) groups is 2. The lowest BCUT2D eigenvalue weighted by atomic mass is 9.95. The number of rotatable bonds is 9. The van der Waals surface area contributed by atoms with Gasteiger partial charge in [-0.1, -0.05) is 42.5 Å². The molecule has 3 aromatic rings. The fourth-order valence-electron chi connectivity index (χ4n) is 3.77. The summed E-state index contributed by atoms with van der Waals surface area (Å²) in [6.07, 6.45) is 4.59. The molecular weight excluding hydrogens is 452 g/mol. The molecule has 2 heterocycles. The van der Waals surface area contributed by atoms with E-state index in [0.29, 0.717) is 35.4 Å². The number of ketones is 1. The minimum absolute atomic E-state index is 0.0148. The summed E-state index contributed by atoms with van der Waals surface area (Å²) in [5.74, 6) is -0.682. The molecule has 0 saturated carbocycles. The summed E-state index contributed by atoms with van der Waals surface area (Å²) in [7, 11) is 0. The molecule has 0 radical (unpaired) electrons. The number of amides is 1. The number of hydrogen-bond donors (Lipinski definition) is 1. The Balaban J connectivity index is 1.79. The summed E-state index contributed by atoms with van der Waals surface area (Å²) in [4.78, 5) is 32.0. The number of aromatic nitrogens is 1. The maximum atomic E-state index is 13.3. The van der Waals surface area contributed by atoms with Gasteiger partial charge < -0.3 is 14.6 Å². The molecule has 174 valence electrons. The van der Waals surface area contributed by atoms with E-state index in [-0.39, 0.29) is 5.57 Å². The van der Waals surface area contributed by atoms with E-state index in [1.165, 1.54) is 22.3 Å². The number of anilines is 1. The maximum Gasteiger partial charge on any atom is 0.296 e. The van der Waals surface area contributed by atoms with Crippen molar-refractivity contribution in [3.63, 3.8) is 0 Å². The van der Waals surface area contributed by atoms with Crippen molar-refractivity contribution in [1.29, 1.82) is 0 Å². The second kappa shape index (κ2) is 10.4. The van der Waals surface area contributed by atoms with E-state index >= 15 is 0 Å². The number of ether oxygens (including phenoxy) is 2. The van der Waals surface area contributed by atoms with Crippen molar-refractivity contribution in [3.05, 3.63) is 88.6 Å². The van der Waals surface area contributed by atoms with Gasteiger partial charge in [0.2, 0.25) is 0 Å². The van der Waals surface area contributed by atoms with E-state index in [0.717, 1.165) is 5.56 Å². The lowest BCUT2D eigenvalue weighted by Gasteiger charge is -2.25. The molecule has 8 heteroatoms. The third-order valence-corrected chi connectivity index (χ3v) is 5.98. The zero-order valence-electron chi connectivity index (χ0n) is 18.8. The highest BCUT2D eigenvalue weighted by atomic mass is 32.1. The first-order chi connectivity index (χ1) is 16.5. The summed E-state index contributed by atoms with van der Waals surface area (Å²) >= 11 is 1.25. The maximum absolute atomic E-state index is 13.3. The Hall–Kier alpha value is -3.91. The van der Waals surface area contributed by atoms with E-state index in [4.69, 9.17) is 9.47 Å². The predicted octanol–water partition coefficient (Wildman–Crippen LogP) is 5.12. The second-order valence-electron chi connectivity index (χ2n) is 7.34. The Morgan fingerprint density at radius 2 is 1.85 bits per heavy atom. The molecule has 1 N–H and O–H groups in total. The first-order valence-corrected chi connectivity index (χ1v) is 11.8. The van der Waals surface area contributed by atoms with Crippen molar-refractivity contribution in [2.75, 3.05) is 18.1 Å². The van der Waals surface area contributed by atoms with E-state index in [1.54, 1.807) is 35.9 Å². The first kappa shape index (κ1) is 23.3. The Kier molecular flexibility index (Phi) is 7.08. The molecule has 0 saturated heterocycles. The summed E-state index contributed by atoms with van der Waals surface area (Å²) in [5.41, 5.74) is 1.41.